The third kappa shape index (κ3) is 3.81. The van der Waals surface area contributed by atoms with Crippen LogP contribution in [0.2, 0.25) is 0 Å². The molecule has 2 N–H and O–H groups in total. The number of benzene rings is 1. The summed E-state index contributed by atoms with van der Waals surface area (Å²) in [7, 11) is 0. The van der Waals surface area contributed by atoms with Crippen molar-refractivity contribution >= 4 is 5.91 Å². The fraction of sp³-hybridized carbons (Fsp3) is 0.476. The highest BCUT2D eigenvalue weighted by molar-refractivity contribution is 5.76. The first kappa shape index (κ1) is 17.9. The molecule has 144 valence electrons. The van der Waals surface area contributed by atoms with Gasteiger partial charge in [-0.15, -0.1) is 0 Å². The van der Waals surface area contributed by atoms with Crippen LogP contribution in [0.15, 0.2) is 36.5 Å². The van der Waals surface area contributed by atoms with Crippen molar-refractivity contribution in [2.75, 3.05) is 32.8 Å². The van der Waals surface area contributed by atoms with Crippen LogP contribution in [0.1, 0.15) is 31.1 Å². The maximum absolute atomic E-state index is 12.5. The van der Waals surface area contributed by atoms with Crippen molar-refractivity contribution in [2.24, 2.45) is 5.92 Å². The van der Waals surface area contributed by atoms with E-state index < -0.39 is 0 Å². The highest BCUT2D eigenvalue weighted by Crippen LogP contribution is 2.34. The van der Waals surface area contributed by atoms with Crippen molar-refractivity contribution in [1.29, 1.82) is 0 Å². The van der Waals surface area contributed by atoms with E-state index in [4.69, 9.17) is 9.47 Å². The van der Waals surface area contributed by atoms with Crippen LogP contribution in [0.4, 0.5) is 0 Å². The number of rotatable bonds is 5. The van der Waals surface area contributed by atoms with E-state index in [-0.39, 0.29) is 11.9 Å². The number of amides is 1. The number of hydrogen-bond donors (Lipinski definition) is 2. The Bertz CT molecular complexity index is 815. The van der Waals surface area contributed by atoms with Crippen LogP contribution in [-0.4, -0.2) is 43.3 Å². The molecule has 27 heavy (non-hydrogen) atoms. The number of nitrogens with one attached hydrogen (secondary N) is 2. The highest BCUT2D eigenvalue weighted by Gasteiger charge is 2.34. The Hall–Kier alpha value is -2.47. The van der Waals surface area contributed by atoms with Crippen molar-refractivity contribution in [1.82, 2.24) is 9.88 Å². The van der Waals surface area contributed by atoms with Crippen molar-refractivity contribution in [2.45, 2.75) is 26.4 Å². The molecule has 0 saturated carbocycles. The van der Waals surface area contributed by atoms with E-state index in [1.807, 2.05) is 6.07 Å². The summed E-state index contributed by atoms with van der Waals surface area (Å²) >= 11 is 0. The minimum Gasteiger partial charge on any atom is -0.486 e. The molecule has 1 aromatic heterocycles. The SMILES string of the molecule is CC(C)CNC(=O)C[NH+]1CCn2cccc2[C@H]1c1ccc2c(c1)OCCO2. The Morgan fingerprint density at radius 1 is 1.26 bits per heavy atom. The Morgan fingerprint density at radius 2 is 2.07 bits per heavy atom. The normalized spacial score (nSPS) is 21.0. The van der Waals surface area contributed by atoms with Crippen LogP contribution in [0.3, 0.4) is 0 Å². The zero-order chi connectivity index (χ0) is 18.8. The zero-order valence-corrected chi connectivity index (χ0v) is 16.0. The molecule has 0 aliphatic carbocycles. The monoisotopic (exact) mass is 370 g/mol. The largest absolute Gasteiger partial charge is 0.486 e. The number of aromatic nitrogens is 1. The van der Waals surface area contributed by atoms with Crippen LogP contribution in [0.5, 0.6) is 11.5 Å². The molecule has 2 aliphatic heterocycles. The van der Waals surface area contributed by atoms with Gasteiger partial charge >= 0.3 is 0 Å². The molecular weight excluding hydrogens is 342 g/mol. The van der Waals surface area contributed by atoms with Crippen LogP contribution < -0.4 is 19.7 Å². The van der Waals surface area contributed by atoms with Gasteiger partial charge in [0.2, 0.25) is 0 Å². The second-order valence-corrected chi connectivity index (χ2v) is 7.75. The first-order valence-corrected chi connectivity index (χ1v) is 9.77. The predicted octanol–water partition coefficient (Wildman–Crippen LogP) is 1.02. The van der Waals surface area contributed by atoms with E-state index in [9.17, 15) is 4.79 Å². The van der Waals surface area contributed by atoms with Gasteiger partial charge in [-0.2, -0.15) is 0 Å². The van der Waals surface area contributed by atoms with Crippen LogP contribution in [0, 0.1) is 5.92 Å². The summed E-state index contributed by atoms with van der Waals surface area (Å²) in [5, 5.41) is 3.06. The fourth-order valence-corrected chi connectivity index (χ4v) is 3.93. The molecule has 1 aromatic carbocycles. The van der Waals surface area contributed by atoms with E-state index in [1.165, 1.54) is 10.6 Å². The summed E-state index contributed by atoms with van der Waals surface area (Å²) in [5.41, 5.74) is 2.40. The first-order valence-electron chi connectivity index (χ1n) is 9.77. The third-order valence-electron chi connectivity index (χ3n) is 5.24. The van der Waals surface area contributed by atoms with Crippen molar-refractivity contribution < 1.29 is 19.2 Å². The standard InChI is InChI=1S/C21H27N3O3/c1-15(2)13-22-20(25)14-24-9-8-23-7-3-4-17(23)21(24)16-5-6-18-19(12-16)27-11-10-26-18/h3-7,12,15,21H,8-11,13-14H2,1-2H3,(H,22,25)/p+1/t21-/m1/s1. The lowest BCUT2D eigenvalue weighted by Gasteiger charge is -2.34. The summed E-state index contributed by atoms with van der Waals surface area (Å²) in [5.74, 6) is 2.16. The second-order valence-electron chi connectivity index (χ2n) is 7.75. The minimum atomic E-state index is 0.106. The summed E-state index contributed by atoms with van der Waals surface area (Å²) < 4.78 is 13.7. The molecule has 0 radical (unpaired) electrons. The van der Waals surface area contributed by atoms with Gasteiger partial charge in [0.1, 0.15) is 13.2 Å². The van der Waals surface area contributed by atoms with Gasteiger partial charge in [0.25, 0.3) is 5.91 Å². The molecule has 1 amide bonds. The smallest absolute Gasteiger partial charge is 0.275 e. The maximum atomic E-state index is 12.5. The van der Waals surface area contributed by atoms with Crippen LogP contribution in [0.25, 0.3) is 0 Å². The number of quaternary nitrogens is 1. The van der Waals surface area contributed by atoms with Gasteiger partial charge in [0, 0.05) is 18.3 Å². The van der Waals surface area contributed by atoms with Crippen LogP contribution >= 0.6 is 0 Å². The van der Waals surface area contributed by atoms with Gasteiger partial charge in [-0.25, -0.2) is 0 Å². The number of nitrogens with zero attached hydrogens (tertiary/aromatic N) is 1. The predicted molar refractivity (Wildman–Crippen MR) is 102 cm³/mol. The molecule has 0 fully saturated rings. The number of hydrogen-bond acceptors (Lipinski definition) is 3. The van der Waals surface area contributed by atoms with Crippen LogP contribution in [-0.2, 0) is 11.3 Å². The topological polar surface area (TPSA) is 56.9 Å². The summed E-state index contributed by atoms with van der Waals surface area (Å²) in [6.07, 6.45) is 2.12. The van der Waals surface area contributed by atoms with Gasteiger partial charge in [-0.1, -0.05) is 13.8 Å². The van der Waals surface area contributed by atoms with Gasteiger partial charge in [-0.3, -0.25) is 4.79 Å². The molecular formula is C21H28N3O3+. The lowest BCUT2D eigenvalue weighted by atomic mass is 9.99. The molecule has 2 atom stereocenters. The second kappa shape index (κ2) is 7.64. The van der Waals surface area contributed by atoms with Crippen molar-refractivity contribution in [3.05, 3.63) is 47.8 Å². The van der Waals surface area contributed by atoms with E-state index in [2.05, 4.69) is 54.2 Å². The molecule has 4 rings (SSSR count). The first-order chi connectivity index (χ1) is 13.1. The number of carbonyl (C=O) groups is 1. The van der Waals surface area contributed by atoms with Gasteiger partial charge < -0.3 is 24.3 Å². The summed E-state index contributed by atoms with van der Waals surface area (Å²) in [4.78, 5) is 13.8. The quantitative estimate of drug-likeness (QED) is 0.826. The average Bonchev–Trinajstić information content (AvgIpc) is 3.14. The molecule has 2 aliphatic rings. The molecule has 0 saturated heterocycles. The van der Waals surface area contributed by atoms with Gasteiger partial charge in [0.15, 0.2) is 24.1 Å². The molecule has 0 bridgehead atoms. The van der Waals surface area contributed by atoms with E-state index >= 15 is 0 Å². The van der Waals surface area contributed by atoms with Crippen molar-refractivity contribution in [3.8, 4) is 11.5 Å². The maximum Gasteiger partial charge on any atom is 0.275 e. The number of fused-ring (bicyclic) bond motifs is 2. The molecule has 6 heteroatoms. The van der Waals surface area contributed by atoms with E-state index in [1.54, 1.807) is 0 Å². The number of ether oxygens (including phenoxy) is 2. The summed E-state index contributed by atoms with van der Waals surface area (Å²) in [6.45, 7) is 8.41. The Morgan fingerprint density at radius 3 is 2.89 bits per heavy atom. The molecule has 3 heterocycles. The molecule has 6 nitrogen and oxygen atoms in total. The average molecular weight is 370 g/mol. The lowest BCUT2D eigenvalue weighted by molar-refractivity contribution is -0.922. The molecule has 2 aromatic rings. The molecule has 1 unspecified atom stereocenters. The Kier molecular flexibility index (Phi) is 5.07. The van der Waals surface area contributed by atoms with Crippen molar-refractivity contribution in [3.63, 3.8) is 0 Å². The summed E-state index contributed by atoms with van der Waals surface area (Å²) in [6, 6.07) is 10.5. The Balaban J connectivity index is 1.61. The molecule has 0 spiro atoms. The van der Waals surface area contributed by atoms with Gasteiger partial charge in [-0.05, 0) is 36.2 Å². The highest BCUT2D eigenvalue weighted by atomic mass is 16.6. The van der Waals surface area contributed by atoms with Gasteiger partial charge in [0.05, 0.1) is 18.8 Å². The zero-order valence-electron chi connectivity index (χ0n) is 16.0. The number of carbonyl (C=O) groups excluding carboxylic acids is 1. The van der Waals surface area contributed by atoms with E-state index in [0.29, 0.717) is 25.7 Å². The fourth-order valence-electron chi connectivity index (χ4n) is 3.93. The minimum absolute atomic E-state index is 0.106. The Labute approximate surface area is 160 Å². The van der Waals surface area contributed by atoms with E-state index in [0.717, 1.165) is 36.7 Å². The third-order valence-corrected chi connectivity index (χ3v) is 5.24. The lowest BCUT2D eigenvalue weighted by Crippen LogP contribution is -3.14.